The Bertz CT molecular complexity index is 338. The Hall–Kier alpha value is -0.570. The number of benzene rings is 1. The topological polar surface area (TPSA) is 29.3 Å². The van der Waals surface area contributed by atoms with Crippen molar-refractivity contribution in [1.29, 1.82) is 0 Å². The van der Waals surface area contributed by atoms with E-state index in [1.165, 1.54) is 11.1 Å². The van der Waals surface area contributed by atoms with Crippen LogP contribution in [0.2, 0.25) is 5.02 Å². The number of likely N-dealkylation sites (N-methyl/N-ethyl adjacent to an activating group) is 1. The second kappa shape index (κ2) is 3.89. The molecule has 0 aromatic heterocycles. The summed E-state index contributed by atoms with van der Waals surface area (Å²) >= 11 is 5.99. The van der Waals surface area contributed by atoms with Gasteiger partial charge in [-0.05, 0) is 36.7 Å². The molecular formula is C11H15ClN2. The molecule has 1 atom stereocenters. The Morgan fingerprint density at radius 2 is 2.36 bits per heavy atom. The monoisotopic (exact) mass is 210 g/mol. The molecular weight excluding hydrogens is 196 g/mol. The molecule has 76 valence electrons. The van der Waals surface area contributed by atoms with Crippen molar-refractivity contribution in [3.8, 4) is 0 Å². The maximum atomic E-state index is 5.99. The van der Waals surface area contributed by atoms with E-state index in [1.807, 2.05) is 12.1 Å². The molecule has 1 aliphatic rings. The summed E-state index contributed by atoms with van der Waals surface area (Å²) in [5.74, 6) is 0. The van der Waals surface area contributed by atoms with Gasteiger partial charge in [-0.1, -0.05) is 17.7 Å². The van der Waals surface area contributed by atoms with Gasteiger partial charge in [0.25, 0.3) is 0 Å². The molecule has 1 aliphatic heterocycles. The van der Waals surface area contributed by atoms with E-state index in [0.717, 1.165) is 18.0 Å². The summed E-state index contributed by atoms with van der Waals surface area (Å²) in [5, 5.41) is 0.803. The Morgan fingerprint density at radius 1 is 1.57 bits per heavy atom. The number of halogens is 1. The summed E-state index contributed by atoms with van der Waals surface area (Å²) in [4.78, 5) is 2.29. The van der Waals surface area contributed by atoms with Crippen LogP contribution in [0.4, 0.5) is 0 Å². The van der Waals surface area contributed by atoms with Crippen molar-refractivity contribution in [3.05, 3.63) is 34.3 Å². The Labute approximate surface area is 89.7 Å². The van der Waals surface area contributed by atoms with Crippen molar-refractivity contribution in [2.75, 3.05) is 20.1 Å². The van der Waals surface area contributed by atoms with Gasteiger partial charge in [0, 0.05) is 24.2 Å². The quantitative estimate of drug-likeness (QED) is 0.767. The van der Waals surface area contributed by atoms with Gasteiger partial charge in [-0.3, -0.25) is 4.90 Å². The highest BCUT2D eigenvalue weighted by Crippen LogP contribution is 2.29. The van der Waals surface area contributed by atoms with Crippen LogP contribution in [0.15, 0.2) is 18.2 Å². The summed E-state index contributed by atoms with van der Waals surface area (Å²) in [5.41, 5.74) is 8.47. The molecule has 0 bridgehead atoms. The SMILES string of the molecule is CN1CCc2ccc(Cl)cc2C1CN. The number of hydrogen-bond acceptors (Lipinski definition) is 2. The minimum absolute atomic E-state index is 0.331. The second-order valence-corrected chi connectivity index (χ2v) is 4.26. The Balaban J connectivity index is 2.43. The normalized spacial score (nSPS) is 22.1. The first kappa shape index (κ1) is 9.97. The summed E-state index contributed by atoms with van der Waals surface area (Å²) in [6.07, 6.45) is 1.10. The fourth-order valence-corrected chi connectivity index (χ4v) is 2.28. The summed E-state index contributed by atoms with van der Waals surface area (Å²) < 4.78 is 0. The molecule has 14 heavy (non-hydrogen) atoms. The third-order valence-corrected chi connectivity index (χ3v) is 3.19. The van der Waals surface area contributed by atoms with Gasteiger partial charge in [-0.15, -0.1) is 0 Å². The van der Waals surface area contributed by atoms with Crippen LogP contribution >= 0.6 is 11.6 Å². The van der Waals surface area contributed by atoms with Gasteiger partial charge in [0.1, 0.15) is 0 Å². The number of fused-ring (bicyclic) bond motifs is 1. The van der Waals surface area contributed by atoms with Crippen molar-refractivity contribution in [3.63, 3.8) is 0 Å². The lowest BCUT2D eigenvalue weighted by atomic mass is 9.93. The molecule has 3 heteroatoms. The first-order valence-corrected chi connectivity index (χ1v) is 5.29. The molecule has 1 unspecified atom stereocenters. The summed E-state index contributed by atoms with van der Waals surface area (Å²) in [7, 11) is 2.11. The van der Waals surface area contributed by atoms with E-state index in [-0.39, 0.29) is 0 Å². The van der Waals surface area contributed by atoms with E-state index >= 15 is 0 Å². The van der Waals surface area contributed by atoms with Crippen LogP contribution in [0.1, 0.15) is 17.2 Å². The molecule has 2 rings (SSSR count). The first-order chi connectivity index (χ1) is 6.72. The Kier molecular flexibility index (Phi) is 2.77. The van der Waals surface area contributed by atoms with Gasteiger partial charge in [0.15, 0.2) is 0 Å². The largest absolute Gasteiger partial charge is 0.329 e. The third-order valence-electron chi connectivity index (χ3n) is 2.96. The van der Waals surface area contributed by atoms with Gasteiger partial charge in [0.05, 0.1) is 0 Å². The number of nitrogens with zero attached hydrogens (tertiary/aromatic N) is 1. The average Bonchev–Trinajstić information content (AvgIpc) is 2.17. The minimum Gasteiger partial charge on any atom is -0.329 e. The molecule has 0 amide bonds. The summed E-state index contributed by atoms with van der Waals surface area (Å²) in [6.45, 7) is 1.74. The molecule has 2 nitrogen and oxygen atoms in total. The molecule has 0 fully saturated rings. The van der Waals surface area contributed by atoms with Crippen molar-refractivity contribution in [1.82, 2.24) is 4.90 Å². The zero-order valence-electron chi connectivity index (χ0n) is 8.33. The molecule has 1 aromatic carbocycles. The van der Waals surface area contributed by atoms with Crippen molar-refractivity contribution < 1.29 is 0 Å². The highest BCUT2D eigenvalue weighted by molar-refractivity contribution is 6.30. The van der Waals surface area contributed by atoms with Gasteiger partial charge >= 0.3 is 0 Å². The van der Waals surface area contributed by atoms with Crippen molar-refractivity contribution in [2.45, 2.75) is 12.5 Å². The van der Waals surface area contributed by atoms with Crippen LogP contribution in [-0.4, -0.2) is 25.0 Å². The molecule has 0 spiro atoms. The van der Waals surface area contributed by atoms with E-state index < -0.39 is 0 Å². The fraction of sp³-hybridized carbons (Fsp3) is 0.455. The van der Waals surface area contributed by atoms with Crippen LogP contribution in [0.3, 0.4) is 0 Å². The van der Waals surface area contributed by atoms with Crippen molar-refractivity contribution >= 4 is 11.6 Å². The number of hydrogen-bond donors (Lipinski definition) is 1. The lowest BCUT2D eigenvalue weighted by Gasteiger charge is -2.33. The lowest BCUT2D eigenvalue weighted by Crippen LogP contribution is -2.36. The maximum absolute atomic E-state index is 5.99. The zero-order chi connectivity index (χ0) is 10.1. The average molecular weight is 211 g/mol. The van der Waals surface area contributed by atoms with Crippen LogP contribution in [0.25, 0.3) is 0 Å². The van der Waals surface area contributed by atoms with Gasteiger partial charge in [-0.25, -0.2) is 0 Å². The predicted molar refractivity (Wildman–Crippen MR) is 59.6 cm³/mol. The van der Waals surface area contributed by atoms with Gasteiger partial charge < -0.3 is 5.73 Å². The fourth-order valence-electron chi connectivity index (χ4n) is 2.10. The molecule has 0 saturated heterocycles. The van der Waals surface area contributed by atoms with Crippen LogP contribution in [0, 0.1) is 0 Å². The van der Waals surface area contributed by atoms with E-state index in [4.69, 9.17) is 17.3 Å². The predicted octanol–water partition coefficient (Wildman–Crippen LogP) is 1.83. The molecule has 0 radical (unpaired) electrons. The van der Waals surface area contributed by atoms with E-state index in [1.54, 1.807) is 0 Å². The van der Waals surface area contributed by atoms with Crippen LogP contribution in [0.5, 0.6) is 0 Å². The Morgan fingerprint density at radius 3 is 3.07 bits per heavy atom. The van der Waals surface area contributed by atoms with Crippen LogP contribution < -0.4 is 5.73 Å². The third kappa shape index (κ3) is 1.65. The molecule has 0 aliphatic carbocycles. The lowest BCUT2D eigenvalue weighted by molar-refractivity contribution is 0.236. The smallest absolute Gasteiger partial charge is 0.0470 e. The second-order valence-electron chi connectivity index (χ2n) is 3.83. The van der Waals surface area contributed by atoms with Gasteiger partial charge in [-0.2, -0.15) is 0 Å². The summed E-state index contributed by atoms with van der Waals surface area (Å²) in [6, 6.07) is 6.45. The molecule has 0 saturated carbocycles. The molecule has 2 N–H and O–H groups in total. The molecule has 1 heterocycles. The van der Waals surface area contributed by atoms with Gasteiger partial charge in [0.2, 0.25) is 0 Å². The van der Waals surface area contributed by atoms with E-state index in [9.17, 15) is 0 Å². The van der Waals surface area contributed by atoms with E-state index in [0.29, 0.717) is 12.6 Å². The molecule has 1 aromatic rings. The first-order valence-electron chi connectivity index (χ1n) is 4.91. The number of nitrogens with two attached hydrogens (primary N) is 1. The number of rotatable bonds is 1. The van der Waals surface area contributed by atoms with E-state index in [2.05, 4.69) is 18.0 Å². The zero-order valence-corrected chi connectivity index (χ0v) is 9.09. The standard InChI is InChI=1S/C11H15ClN2/c1-14-5-4-8-2-3-9(12)6-10(8)11(14)7-13/h2-3,6,11H,4-5,7,13H2,1H3. The van der Waals surface area contributed by atoms with Crippen molar-refractivity contribution in [2.24, 2.45) is 5.73 Å². The maximum Gasteiger partial charge on any atom is 0.0470 e. The highest BCUT2D eigenvalue weighted by Gasteiger charge is 2.23. The van der Waals surface area contributed by atoms with Crippen LogP contribution in [-0.2, 0) is 6.42 Å². The minimum atomic E-state index is 0.331. The highest BCUT2D eigenvalue weighted by atomic mass is 35.5.